The molecule has 0 aromatic carbocycles. The van der Waals surface area contributed by atoms with Crippen LogP contribution >= 0.6 is 27.5 Å². The maximum absolute atomic E-state index is 11.1. The molecule has 13 heavy (non-hydrogen) atoms. The van der Waals surface area contributed by atoms with E-state index >= 15 is 0 Å². The van der Waals surface area contributed by atoms with Crippen molar-refractivity contribution >= 4 is 33.4 Å². The largest absolute Gasteiger partial charge is 0.268 e. The first kappa shape index (κ1) is 9.96. The van der Waals surface area contributed by atoms with Crippen LogP contribution in [0.15, 0.2) is 16.7 Å². The first-order valence-corrected chi connectivity index (χ1v) is 4.32. The van der Waals surface area contributed by atoms with Crippen molar-refractivity contribution in [2.45, 2.75) is 0 Å². The van der Waals surface area contributed by atoms with Gasteiger partial charge in [-0.3, -0.25) is 10.1 Å². The Labute approximate surface area is 87.7 Å². The lowest BCUT2D eigenvalue weighted by molar-refractivity contribution is 0.0972. The molecule has 1 rings (SSSR count). The Balaban J connectivity index is 3.07. The number of carbonyl (C=O) groups is 1. The average Bonchev–Trinajstić information content (AvgIpc) is 2.09. The Morgan fingerprint density at radius 3 is 3.08 bits per heavy atom. The molecule has 0 saturated heterocycles. The molecule has 0 aliphatic carbocycles. The molecule has 0 fully saturated rings. The second kappa shape index (κ2) is 4.21. The van der Waals surface area contributed by atoms with Gasteiger partial charge in [-0.05, 0) is 22.0 Å². The van der Waals surface area contributed by atoms with Gasteiger partial charge in [0.05, 0.1) is 5.56 Å². The topological polar surface area (TPSA) is 65.8 Å². The molecule has 4 nitrogen and oxygen atoms in total. The number of hydrogen-bond donors (Lipinski definition) is 1. The summed E-state index contributed by atoms with van der Waals surface area (Å²) in [4.78, 5) is 14.9. The van der Waals surface area contributed by atoms with Crippen LogP contribution in [-0.4, -0.2) is 10.9 Å². The van der Waals surface area contributed by atoms with Gasteiger partial charge in [-0.15, -0.1) is 0 Å². The van der Waals surface area contributed by atoms with E-state index in [9.17, 15) is 4.79 Å². The lowest BCUT2D eigenvalue weighted by Crippen LogP contribution is -2.18. The standard InChI is InChI=1S/C7H3BrClN3O/c8-4-1-5(6(9)11-2-4)7(13)12-3-10/h1-2H,(H,12,13). The second-order valence-corrected chi connectivity index (χ2v) is 3.33. The number of halogens is 2. The molecule has 1 aromatic heterocycles. The molecule has 0 spiro atoms. The number of pyridine rings is 1. The van der Waals surface area contributed by atoms with Crippen molar-refractivity contribution in [3.63, 3.8) is 0 Å². The molecule has 0 atom stereocenters. The predicted molar refractivity (Wildman–Crippen MR) is 50.0 cm³/mol. The summed E-state index contributed by atoms with van der Waals surface area (Å²) in [6.45, 7) is 0. The molecular formula is C7H3BrClN3O. The monoisotopic (exact) mass is 259 g/mol. The van der Waals surface area contributed by atoms with Crippen LogP contribution in [0.5, 0.6) is 0 Å². The quantitative estimate of drug-likeness (QED) is 0.475. The summed E-state index contributed by atoms with van der Waals surface area (Å²) in [6.07, 6.45) is 2.98. The zero-order valence-corrected chi connectivity index (χ0v) is 8.56. The third-order valence-corrected chi connectivity index (χ3v) is 1.95. The molecule has 6 heteroatoms. The number of nitriles is 1. The number of hydrogen-bond acceptors (Lipinski definition) is 3. The van der Waals surface area contributed by atoms with Crippen LogP contribution in [0.3, 0.4) is 0 Å². The van der Waals surface area contributed by atoms with Gasteiger partial charge in [-0.1, -0.05) is 11.6 Å². The van der Waals surface area contributed by atoms with Gasteiger partial charge in [-0.2, -0.15) is 5.26 Å². The molecular weight excluding hydrogens is 257 g/mol. The van der Waals surface area contributed by atoms with Crippen LogP contribution < -0.4 is 5.32 Å². The molecule has 1 amide bonds. The van der Waals surface area contributed by atoms with E-state index in [1.54, 1.807) is 0 Å². The molecule has 0 bridgehead atoms. The van der Waals surface area contributed by atoms with Crippen molar-refractivity contribution < 1.29 is 4.79 Å². The van der Waals surface area contributed by atoms with Gasteiger partial charge in [0.2, 0.25) is 0 Å². The van der Waals surface area contributed by atoms with E-state index in [4.69, 9.17) is 16.9 Å². The van der Waals surface area contributed by atoms with Crippen molar-refractivity contribution in [3.8, 4) is 6.19 Å². The fraction of sp³-hybridized carbons (Fsp3) is 0. The van der Waals surface area contributed by atoms with E-state index in [-0.39, 0.29) is 10.7 Å². The van der Waals surface area contributed by atoms with Crippen molar-refractivity contribution in [2.24, 2.45) is 0 Å². The van der Waals surface area contributed by atoms with E-state index < -0.39 is 5.91 Å². The van der Waals surface area contributed by atoms with Crippen LogP contribution in [0.4, 0.5) is 0 Å². The lowest BCUT2D eigenvalue weighted by atomic mass is 10.3. The normalized spacial score (nSPS) is 9.00. The second-order valence-electron chi connectivity index (χ2n) is 2.06. The van der Waals surface area contributed by atoms with Crippen molar-refractivity contribution in [1.29, 1.82) is 5.26 Å². The number of nitrogens with one attached hydrogen (secondary N) is 1. The highest BCUT2D eigenvalue weighted by molar-refractivity contribution is 9.10. The maximum atomic E-state index is 11.1. The molecule has 0 radical (unpaired) electrons. The summed E-state index contributed by atoms with van der Waals surface area (Å²) in [5.41, 5.74) is 0.164. The average molecular weight is 260 g/mol. The minimum Gasteiger partial charge on any atom is -0.268 e. The number of amides is 1. The van der Waals surface area contributed by atoms with Gasteiger partial charge in [0, 0.05) is 10.7 Å². The Morgan fingerprint density at radius 1 is 1.77 bits per heavy atom. The van der Waals surface area contributed by atoms with Crippen LogP contribution in [0.2, 0.25) is 5.15 Å². The van der Waals surface area contributed by atoms with Gasteiger partial charge in [0.25, 0.3) is 5.91 Å². The fourth-order valence-corrected chi connectivity index (χ4v) is 1.22. The zero-order valence-electron chi connectivity index (χ0n) is 6.21. The molecule has 1 aromatic rings. The third-order valence-electron chi connectivity index (χ3n) is 1.22. The van der Waals surface area contributed by atoms with Gasteiger partial charge in [-0.25, -0.2) is 4.98 Å². The van der Waals surface area contributed by atoms with Crippen LogP contribution in [0.1, 0.15) is 10.4 Å². The third kappa shape index (κ3) is 2.41. The molecule has 1 N–H and O–H groups in total. The number of nitrogens with zero attached hydrogens (tertiary/aromatic N) is 2. The summed E-state index contributed by atoms with van der Waals surface area (Å²) in [5, 5.41) is 10.2. The van der Waals surface area contributed by atoms with E-state index in [1.165, 1.54) is 18.5 Å². The maximum Gasteiger partial charge on any atom is 0.267 e. The summed E-state index contributed by atoms with van der Waals surface area (Å²) in [7, 11) is 0. The van der Waals surface area contributed by atoms with Gasteiger partial charge < -0.3 is 0 Å². The van der Waals surface area contributed by atoms with E-state index in [2.05, 4.69) is 20.9 Å². The minimum atomic E-state index is -0.568. The highest BCUT2D eigenvalue weighted by Gasteiger charge is 2.10. The van der Waals surface area contributed by atoms with Gasteiger partial charge >= 0.3 is 0 Å². The van der Waals surface area contributed by atoms with E-state index in [0.29, 0.717) is 4.47 Å². The first-order valence-electron chi connectivity index (χ1n) is 3.15. The molecule has 0 unspecified atom stereocenters. The zero-order chi connectivity index (χ0) is 9.84. The summed E-state index contributed by atoms with van der Waals surface area (Å²) in [5.74, 6) is -0.568. The Bertz CT molecular complexity index is 388. The van der Waals surface area contributed by atoms with Crippen molar-refractivity contribution in [3.05, 3.63) is 27.5 Å². The highest BCUT2D eigenvalue weighted by atomic mass is 79.9. The first-order chi connectivity index (χ1) is 6.15. The Morgan fingerprint density at radius 2 is 2.46 bits per heavy atom. The SMILES string of the molecule is N#CNC(=O)c1cc(Br)cnc1Cl. The summed E-state index contributed by atoms with van der Waals surface area (Å²) in [6, 6.07) is 1.49. The van der Waals surface area contributed by atoms with Crippen LogP contribution in [0.25, 0.3) is 0 Å². The molecule has 66 valence electrons. The lowest BCUT2D eigenvalue weighted by Gasteiger charge is -1.99. The molecule has 0 saturated carbocycles. The Kier molecular flexibility index (Phi) is 3.23. The number of rotatable bonds is 1. The number of carbonyl (C=O) groups excluding carboxylic acids is 1. The van der Waals surface area contributed by atoms with Crippen molar-refractivity contribution in [2.75, 3.05) is 0 Å². The number of aromatic nitrogens is 1. The summed E-state index contributed by atoms with van der Waals surface area (Å²) < 4.78 is 0.625. The molecule has 0 aliphatic rings. The smallest absolute Gasteiger partial charge is 0.267 e. The predicted octanol–water partition coefficient (Wildman–Crippen LogP) is 1.71. The van der Waals surface area contributed by atoms with E-state index in [0.717, 1.165) is 0 Å². The van der Waals surface area contributed by atoms with Crippen molar-refractivity contribution in [1.82, 2.24) is 10.3 Å². The van der Waals surface area contributed by atoms with E-state index in [1.807, 2.05) is 5.32 Å². The molecule has 1 heterocycles. The van der Waals surface area contributed by atoms with Gasteiger partial charge in [0.1, 0.15) is 5.15 Å². The highest BCUT2D eigenvalue weighted by Crippen LogP contribution is 2.17. The fourth-order valence-electron chi connectivity index (χ4n) is 0.700. The van der Waals surface area contributed by atoms with Gasteiger partial charge in [0.15, 0.2) is 6.19 Å². The Hall–Kier alpha value is -1.12. The summed E-state index contributed by atoms with van der Waals surface area (Å²) >= 11 is 8.76. The van der Waals surface area contributed by atoms with Crippen LogP contribution in [0, 0.1) is 11.5 Å². The van der Waals surface area contributed by atoms with Crippen LogP contribution in [-0.2, 0) is 0 Å². The molecule has 0 aliphatic heterocycles. The minimum absolute atomic E-state index is 0.0657.